The number of likely N-dealkylation sites (N-methyl/N-ethyl adjacent to an activating group) is 1. The molecule has 1 saturated heterocycles. The molecule has 0 aromatic carbocycles. The van der Waals surface area contributed by atoms with Crippen molar-refractivity contribution in [2.24, 2.45) is 0 Å². The first-order chi connectivity index (χ1) is 8.43. The lowest BCUT2D eigenvalue weighted by Gasteiger charge is -2.28. The van der Waals surface area contributed by atoms with Crippen molar-refractivity contribution >= 4 is 12.0 Å². The lowest BCUT2D eigenvalue weighted by Crippen LogP contribution is -2.49. The fourth-order valence-corrected chi connectivity index (χ4v) is 2.33. The van der Waals surface area contributed by atoms with Crippen LogP contribution in [0.15, 0.2) is 0 Å². The van der Waals surface area contributed by atoms with Crippen LogP contribution in [-0.2, 0) is 4.79 Å². The second-order valence-electron chi connectivity index (χ2n) is 4.93. The van der Waals surface area contributed by atoms with Gasteiger partial charge in [0.25, 0.3) is 0 Å². The Labute approximate surface area is 108 Å². The molecule has 6 nitrogen and oxygen atoms in total. The first-order valence-electron chi connectivity index (χ1n) is 6.41. The van der Waals surface area contributed by atoms with Gasteiger partial charge in [-0.3, -0.25) is 4.79 Å². The van der Waals surface area contributed by atoms with E-state index in [-0.39, 0.29) is 24.5 Å². The van der Waals surface area contributed by atoms with Gasteiger partial charge in [-0.05, 0) is 33.9 Å². The zero-order valence-corrected chi connectivity index (χ0v) is 11.3. The summed E-state index contributed by atoms with van der Waals surface area (Å²) < 4.78 is 0. The molecular weight excluding hydrogens is 234 g/mol. The quantitative estimate of drug-likeness (QED) is 0.756. The normalized spacial score (nSPS) is 21.6. The predicted octanol–water partition coefficient (Wildman–Crippen LogP) is 0.585. The molecule has 0 aromatic rings. The van der Waals surface area contributed by atoms with Crippen molar-refractivity contribution in [3.05, 3.63) is 0 Å². The summed E-state index contributed by atoms with van der Waals surface area (Å²) >= 11 is 0. The molecule has 1 aliphatic heterocycles. The Balaban J connectivity index is 2.48. The number of carbonyl (C=O) groups is 2. The molecule has 0 aliphatic carbocycles. The molecular formula is C12H23N3O3. The molecule has 0 saturated carbocycles. The molecule has 2 N–H and O–H groups in total. The average molecular weight is 257 g/mol. The first-order valence-corrected chi connectivity index (χ1v) is 6.41. The maximum Gasteiger partial charge on any atom is 0.317 e. The van der Waals surface area contributed by atoms with Gasteiger partial charge in [-0.25, -0.2) is 4.79 Å². The Bertz CT molecular complexity index is 309. The van der Waals surface area contributed by atoms with Gasteiger partial charge >= 0.3 is 12.0 Å². The van der Waals surface area contributed by atoms with E-state index in [0.29, 0.717) is 6.54 Å². The van der Waals surface area contributed by atoms with Crippen LogP contribution < -0.4 is 5.32 Å². The molecule has 1 fully saturated rings. The number of aliphatic carboxylic acids is 1. The van der Waals surface area contributed by atoms with Gasteiger partial charge in [-0.15, -0.1) is 0 Å². The van der Waals surface area contributed by atoms with Crippen LogP contribution in [0.4, 0.5) is 4.79 Å². The largest absolute Gasteiger partial charge is 0.481 e. The summed E-state index contributed by atoms with van der Waals surface area (Å²) in [5.74, 6) is -0.880. The highest BCUT2D eigenvalue weighted by Gasteiger charge is 2.25. The zero-order chi connectivity index (χ0) is 13.7. The maximum atomic E-state index is 12.1. The summed E-state index contributed by atoms with van der Waals surface area (Å²) in [7, 11) is 2.02. The van der Waals surface area contributed by atoms with Gasteiger partial charge in [-0.1, -0.05) is 0 Å². The standard InChI is InChI=1S/C12H23N3O3/c1-4-15(9(2)7-11(16)17)12(18)13-10-5-6-14(3)8-10/h9-10H,4-8H2,1-3H3,(H,13,18)(H,16,17). The molecule has 0 bridgehead atoms. The number of carboxylic acid groups (broad SMARTS) is 1. The van der Waals surface area contributed by atoms with Gasteiger partial charge in [0.05, 0.1) is 6.42 Å². The minimum Gasteiger partial charge on any atom is -0.481 e. The molecule has 1 aliphatic rings. The molecule has 104 valence electrons. The van der Waals surface area contributed by atoms with Gasteiger partial charge in [-0.2, -0.15) is 0 Å². The van der Waals surface area contributed by atoms with Crippen LogP contribution in [0, 0.1) is 0 Å². The molecule has 0 radical (unpaired) electrons. The van der Waals surface area contributed by atoms with Crippen molar-refractivity contribution in [3.63, 3.8) is 0 Å². The van der Waals surface area contributed by atoms with E-state index in [2.05, 4.69) is 10.2 Å². The number of nitrogens with zero attached hydrogens (tertiary/aromatic N) is 2. The highest BCUT2D eigenvalue weighted by molar-refractivity contribution is 5.76. The lowest BCUT2D eigenvalue weighted by molar-refractivity contribution is -0.138. The molecule has 1 heterocycles. The van der Waals surface area contributed by atoms with Gasteiger partial charge in [0.1, 0.15) is 0 Å². The van der Waals surface area contributed by atoms with Gasteiger partial charge in [0.15, 0.2) is 0 Å². The zero-order valence-electron chi connectivity index (χ0n) is 11.3. The minimum absolute atomic E-state index is 0.0220. The van der Waals surface area contributed by atoms with E-state index in [4.69, 9.17) is 5.11 Å². The molecule has 2 amide bonds. The predicted molar refractivity (Wildman–Crippen MR) is 68.5 cm³/mol. The number of likely N-dealkylation sites (tertiary alicyclic amines) is 1. The SMILES string of the molecule is CCN(C(=O)NC1CCN(C)C1)C(C)CC(=O)O. The van der Waals surface area contributed by atoms with E-state index < -0.39 is 5.97 Å². The monoisotopic (exact) mass is 257 g/mol. The van der Waals surface area contributed by atoms with Gasteiger partial charge in [0.2, 0.25) is 0 Å². The number of carbonyl (C=O) groups excluding carboxylic acids is 1. The van der Waals surface area contributed by atoms with Crippen LogP contribution in [0.2, 0.25) is 0 Å². The summed E-state index contributed by atoms with van der Waals surface area (Å²) in [6.45, 7) is 5.98. The highest BCUT2D eigenvalue weighted by atomic mass is 16.4. The van der Waals surface area contributed by atoms with Crippen molar-refractivity contribution in [3.8, 4) is 0 Å². The van der Waals surface area contributed by atoms with Crippen LogP contribution >= 0.6 is 0 Å². The van der Waals surface area contributed by atoms with Crippen molar-refractivity contribution < 1.29 is 14.7 Å². The Hall–Kier alpha value is -1.30. The minimum atomic E-state index is -0.880. The molecule has 2 atom stereocenters. The summed E-state index contributed by atoms with van der Waals surface area (Å²) in [5, 5.41) is 11.7. The van der Waals surface area contributed by atoms with Crippen LogP contribution in [0.5, 0.6) is 0 Å². The number of urea groups is 1. The topological polar surface area (TPSA) is 72.9 Å². The van der Waals surface area contributed by atoms with Gasteiger partial charge in [0, 0.05) is 25.2 Å². The Morgan fingerprint density at radius 2 is 2.22 bits per heavy atom. The number of carboxylic acids is 1. The van der Waals surface area contributed by atoms with Crippen molar-refractivity contribution in [2.75, 3.05) is 26.7 Å². The Kier molecular flexibility index (Phi) is 5.40. The summed E-state index contributed by atoms with van der Waals surface area (Å²) in [6.07, 6.45) is 0.929. The Morgan fingerprint density at radius 3 is 2.67 bits per heavy atom. The Morgan fingerprint density at radius 1 is 1.56 bits per heavy atom. The van der Waals surface area contributed by atoms with E-state index in [1.165, 1.54) is 0 Å². The summed E-state index contributed by atoms with van der Waals surface area (Å²) in [4.78, 5) is 26.5. The van der Waals surface area contributed by atoms with E-state index in [9.17, 15) is 9.59 Å². The number of hydrogen-bond donors (Lipinski definition) is 2. The number of hydrogen-bond acceptors (Lipinski definition) is 3. The van der Waals surface area contributed by atoms with Crippen LogP contribution in [0.1, 0.15) is 26.7 Å². The molecule has 1 rings (SSSR count). The third kappa shape index (κ3) is 4.18. The van der Waals surface area contributed by atoms with Crippen molar-refractivity contribution in [2.45, 2.75) is 38.8 Å². The summed E-state index contributed by atoms with van der Waals surface area (Å²) in [5.41, 5.74) is 0. The van der Waals surface area contributed by atoms with Crippen LogP contribution in [0.3, 0.4) is 0 Å². The van der Waals surface area contributed by atoms with Crippen molar-refractivity contribution in [1.29, 1.82) is 0 Å². The molecule has 18 heavy (non-hydrogen) atoms. The van der Waals surface area contributed by atoms with E-state index in [1.807, 2.05) is 14.0 Å². The van der Waals surface area contributed by atoms with E-state index in [0.717, 1.165) is 19.5 Å². The van der Waals surface area contributed by atoms with E-state index in [1.54, 1.807) is 11.8 Å². The number of amides is 2. The van der Waals surface area contributed by atoms with Gasteiger partial charge < -0.3 is 20.2 Å². The smallest absolute Gasteiger partial charge is 0.317 e. The van der Waals surface area contributed by atoms with Crippen LogP contribution in [-0.4, -0.2) is 65.7 Å². The number of nitrogens with one attached hydrogen (secondary N) is 1. The van der Waals surface area contributed by atoms with E-state index >= 15 is 0 Å². The maximum absolute atomic E-state index is 12.1. The third-order valence-corrected chi connectivity index (χ3v) is 3.32. The third-order valence-electron chi connectivity index (χ3n) is 3.32. The molecule has 0 spiro atoms. The molecule has 6 heteroatoms. The lowest BCUT2D eigenvalue weighted by atomic mass is 10.2. The first kappa shape index (κ1) is 14.8. The summed E-state index contributed by atoms with van der Waals surface area (Å²) in [6, 6.07) is -0.272. The highest BCUT2D eigenvalue weighted by Crippen LogP contribution is 2.09. The second kappa shape index (κ2) is 6.58. The fourth-order valence-electron chi connectivity index (χ4n) is 2.33. The van der Waals surface area contributed by atoms with Crippen LogP contribution in [0.25, 0.3) is 0 Å². The molecule has 0 aromatic heterocycles. The average Bonchev–Trinajstić information content (AvgIpc) is 2.63. The second-order valence-corrected chi connectivity index (χ2v) is 4.93. The number of rotatable bonds is 5. The molecule has 2 unspecified atom stereocenters. The fraction of sp³-hybridized carbons (Fsp3) is 0.833. The van der Waals surface area contributed by atoms with Crippen molar-refractivity contribution in [1.82, 2.24) is 15.1 Å².